The van der Waals surface area contributed by atoms with Crippen LogP contribution in [0.1, 0.15) is 63.5 Å². The number of nitrogens with two attached hydrogens (primary N) is 1. The Bertz CT molecular complexity index is 397. The highest BCUT2D eigenvalue weighted by atomic mass is 14.5. The van der Waals surface area contributed by atoms with Crippen molar-refractivity contribution in [1.82, 2.24) is 0 Å². The van der Waals surface area contributed by atoms with E-state index in [0.717, 1.165) is 23.4 Å². The lowest BCUT2D eigenvalue weighted by Crippen LogP contribution is -2.24. The number of nitrogen functional groups attached to an aromatic ring is 1. The predicted molar refractivity (Wildman–Crippen MR) is 75.2 cm³/mol. The molecule has 4 unspecified atom stereocenters. The van der Waals surface area contributed by atoms with Crippen LogP contribution in [-0.4, -0.2) is 0 Å². The number of anilines is 1. The van der Waals surface area contributed by atoms with Crippen LogP contribution in [0.15, 0.2) is 18.2 Å². The summed E-state index contributed by atoms with van der Waals surface area (Å²) in [7, 11) is 0. The summed E-state index contributed by atoms with van der Waals surface area (Å²) in [5, 5.41) is 0. The van der Waals surface area contributed by atoms with Crippen LogP contribution in [0.3, 0.4) is 0 Å². The fraction of sp³-hybridized carbons (Fsp3) is 0.625. The summed E-state index contributed by atoms with van der Waals surface area (Å²) in [5.41, 5.74) is 9.90. The molecule has 0 fully saturated rings. The third-order valence-corrected chi connectivity index (χ3v) is 4.81. The number of fused-ring (bicyclic) bond motifs is 1. The molecule has 1 aromatic rings. The van der Waals surface area contributed by atoms with Crippen LogP contribution in [-0.2, 0) is 0 Å². The number of benzene rings is 1. The maximum absolute atomic E-state index is 5.94. The van der Waals surface area contributed by atoms with Gasteiger partial charge in [-0.15, -0.1) is 0 Å². The van der Waals surface area contributed by atoms with Gasteiger partial charge in [-0.2, -0.15) is 0 Å². The molecule has 0 aromatic heterocycles. The summed E-state index contributed by atoms with van der Waals surface area (Å²) in [6, 6.07) is 6.53. The van der Waals surface area contributed by atoms with Gasteiger partial charge < -0.3 is 5.73 Å². The minimum absolute atomic E-state index is 0.647. The largest absolute Gasteiger partial charge is 0.399 e. The fourth-order valence-corrected chi connectivity index (χ4v) is 3.19. The van der Waals surface area contributed by atoms with E-state index in [1.54, 1.807) is 5.56 Å². The van der Waals surface area contributed by atoms with Crippen molar-refractivity contribution in [1.29, 1.82) is 0 Å². The maximum atomic E-state index is 5.94. The summed E-state index contributed by atoms with van der Waals surface area (Å²) in [4.78, 5) is 0. The zero-order valence-electron chi connectivity index (χ0n) is 11.5. The van der Waals surface area contributed by atoms with Crippen molar-refractivity contribution in [2.75, 3.05) is 5.73 Å². The van der Waals surface area contributed by atoms with Crippen LogP contribution in [0.25, 0.3) is 0 Å². The van der Waals surface area contributed by atoms with Gasteiger partial charge in [-0.25, -0.2) is 0 Å². The zero-order valence-corrected chi connectivity index (χ0v) is 11.5. The third kappa shape index (κ3) is 2.20. The molecule has 94 valence electrons. The van der Waals surface area contributed by atoms with E-state index in [9.17, 15) is 0 Å². The molecule has 0 saturated carbocycles. The van der Waals surface area contributed by atoms with Gasteiger partial charge in [0.2, 0.25) is 0 Å². The lowest BCUT2D eigenvalue weighted by molar-refractivity contribution is 0.311. The third-order valence-electron chi connectivity index (χ3n) is 4.81. The van der Waals surface area contributed by atoms with Gasteiger partial charge in [-0.3, -0.25) is 0 Å². The van der Waals surface area contributed by atoms with Gasteiger partial charge in [0.15, 0.2) is 0 Å². The van der Waals surface area contributed by atoms with E-state index in [2.05, 4.69) is 45.9 Å². The Kier molecular flexibility index (Phi) is 3.46. The molecule has 17 heavy (non-hydrogen) atoms. The Morgan fingerprint density at radius 1 is 1.29 bits per heavy atom. The molecule has 1 aromatic carbocycles. The van der Waals surface area contributed by atoms with E-state index in [1.165, 1.54) is 18.4 Å². The van der Waals surface area contributed by atoms with Crippen LogP contribution in [0, 0.1) is 11.8 Å². The normalized spacial score (nSPS) is 29.8. The summed E-state index contributed by atoms with van der Waals surface area (Å²) in [6.07, 6.45) is 2.59. The van der Waals surface area contributed by atoms with Gasteiger partial charge in [0.25, 0.3) is 0 Å². The smallest absolute Gasteiger partial charge is 0.0317 e. The SMILES string of the molecule is CCC(C)C1CC(C)C(C)c2cc(N)ccc21. The predicted octanol–water partition coefficient (Wildman–Crippen LogP) is 4.54. The van der Waals surface area contributed by atoms with Crippen molar-refractivity contribution in [3.63, 3.8) is 0 Å². The number of hydrogen-bond acceptors (Lipinski definition) is 1. The molecule has 1 heteroatoms. The second-order valence-corrected chi connectivity index (χ2v) is 5.88. The minimum atomic E-state index is 0.647. The molecule has 0 saturated heterocycles. The van der Waals surface area contributed by atoms with Crippen LogP contribution >= 0.6 is 0 Å². The average Bonchev–Trinajstić information content (AvgIpc) is 2.33. The molecule has 4 atom stereocenters. The quantitative estimate of drug-likeness (QED) is 0.743. The summed E-state index contributed by atoms with van der Waals surface area (Å²) < 4.78 is 0. The van der Waals surface area contributed by atoms with E-state index < -0.39 is 0 Å². The molecular formula is C16H25N. The Morgan fingerprint density at radius 3 is 2.65 bits per heavy atom. The van der Waals surface area contributed by atoms with Gasteiger partial charge in [-0.1, -0.05) is 40.2 Å². The van der Waals surface area contributed by atoms with Crippen molar-refractivity contribution >= 4 is 5.69 Å². The molecule has 0 heterocycles. The van der Waals surface area contributed by atoms with Crippen molar-refractivity contribution < 1.29 is 0 Å². The minimum Gasteiger partial charge on any atom is -0.399 e. The van der Waals surface area contributed by atoms with E-state index in [0.29, 0.717) is 5.92 Å². The molecule has 0 bridgehead atoms. The molecule has 2 N–H and O–H groups in total. The van der Waals surface area contributed by atoms with E-state index >= 15 is 0 Å². The Balaban J connectivity index is 2.45. The summed E-state index contributed by atoms with van der Waals surface area (Å²) in [6.45, 7) is 9.40. The zero-order chi connectivity index (χ0) is 12.6. The highest BCUT2D eigenvalue weighted by Gasteiger charge is 2.32. The van der Waals surface area contributed by atoms with Crippen LogP contribution in [0.4, 0.5) is 5.69 Å². The van der Waals surface area contributed by atoms with E-state index in [4.69, 9.17) is 5.73 Å². The van der Waals surface area contributed by atoms with Gasteiger partial charge in [0.05, 0.1) is 0 Å². The molecule has 0 radical (unpaired) electrons. The Morgan fingerprint density at radius 2 is 2.00 bits per heavy atom. The van der Waals surface area contributed by atoms with Gasteiger partial charge in [0, 0.05) is 5.69 Å². The van der Waals surface area contributed by atoms with Crippen molar-refractivity contribution in [2.24, 2.45) is 11.8 Å². The second kappa shape index (κ2) is 4.72. The molecular weight excluding hydrogens is 206 g/mol. The van der Waals surface area contributed by atoms with Crippen molar-refractivity contribution in [3.8, 4) is 0 Å². The standard InChI is InChI=1S/C16H25N/c1-5-10(2)15-8-11(3)12(4)16-9-13(17)6-7-14(15)16/h6-7,9-12,15H,5,8,17H2,1-4H3. The first kappa shape index (κ1) is 12.5. The Hall–Kier alpha value is -0.980. The average molecular weight is 231 g/mol. The first-order valence-corrected chi connectivity index (χ1v) is 6.93. The molecule has 0 amide bonds. The van der Waals surface area contributed by atoms with Crippen LogP contribution in [0.5, 0.6) is 0 Å². The Labute approximate surface area is 105 Å². The van der Waals surface area contributed by atoms with Crippen molar-refractivity contribution in [3.05, 3.63) is 29.3 Å². The van der Waals surface area contributed by atoms with E-state index in [1.807, 2.05) is 0 Å². The van der Waals surface area contributed by atoms with Gasteiger partial charge in [-0.05, 0) is 53.4 Å². The summed E-state index contributed by atoms with van der Waals surface area (Å²) in [5.74, 6) is 2.91. The molecule has 0 aliphatic heterocycles. The highest BCUT2D eigenvalue weighted by molar-refractivity contribution is 5.48. The van der Waals surface area contributed by atoms with Gasteiger partial charge >= 0.3 is 0 Å². The lowest BCUT2D eigenvalue weighted by atomic mass is 9.67. The van der Waals surface area contributed by atoms with Gasteiger partial charge in [0.1, 0.15) is 0 Å². The molecule has 0 spiro atoms. The first-order chi connectivity index (χ1) is 8.04. The number of hydrogen-bond donors (Lipinski definition) is 1. The molecule has 1 nitrogen and oxygen atoms in total. The maximum Gasteiger partial charge on any atom is 0.0317 e. The lowest BCUT2D eigenvalue weighted by Gasteiger charge is -2.37. The fourth-order valence-electron chi connectivity index (χ4n) is 3.19. The molecule has 2 rings (SSSR count). The molecule has 1 aliphatic carbocycles. The van der Waals surface area contributed by atoms with Crippen LogP contribution in [0.2, 0.25) is 0 Å². The monoisotopic (exact) mass is 231 g/mol. The molecule has 1 aliphatic rings. The van der Waals surface area contributed by atoms with E-state index in [-0.39, 0.29) is 0 Å². The second-order valence-electron chi connectivity index (χ2n) is 5.88. The topological polar surface area (TPSA) is 26.0 Å². The first-order valence-electron chi connectivity index (χ1n) is 6.93. The highest BCUT2D eigenvalue weighted by Crippen LogP contribution is 2.46. The summed E-state index contributed by atoms with van der Waals surface area (Å²) >= 11 is 0. The number of rotatable bonds is 2. The van der Waals surface area contributed by atoms with Crippen LogP contribution < -0.4 is 5.73 Å². The van der Waals surface area contributed by atoms with Crippen molar-refractivity contribution in [2.45, 2.75) is 52.4 Å².